The molecule has 0 saturated carbocycles. The molecule has 1 fully saturated rings. The summed E-state index contributed by atoms with van der Waals surface area (Å²) >= 11 is 0. The van der Waals surface area contributed by atoms with Gasteiger partial charge in [-0.25, -0.2) is 0 Å². The number of unbranched alkanes of at least 4 members (excludes halogenated alkanes) is 27. The van der Waals surface area contributed by atoms with Gasteiger partial charge in [-0.15, -0.1) is 0 Å². The average molecular weight is 523 g/mol. The lowest BCUT2D eigenvalue weighted by molar-refractivity contribution is 0.125. The molecular formula is C35H70O2. The van der Waals surface area contributed by atoms with Crippen LogP contribution in [0.15, 0.2) is 0 Å². The first-order valence-corrected chi connectivity index (χ1v) is 17.6. The fourth-order valence-electron chi connectivity index (χ4n) is 5.61. The summed E-state index contributed by atoms with van der Waals surface area (Å²) in [5.41, 5.74) is 0. The minimum Gasteiger partial charge on any atom is -0.381 e. The first-order valence-electron chi connectivity index (χ1n) is 17.6. The number of rotatable bonds is 33. The third kappa shape index (κ3) is 30.3. The Labute approximate surface area is 234 Å². The predicted octanol–water partition coefficient (Wildman–Crippen LogP) is 12.1. The highest BCUT2D eigenvalue weighted by Gasteiger charge is 2.20. The van der Waals surface area contributed by atoms with Crippen LogP contribution in [-0.2, 0) is 9.47 Å². The highest BCUT2D eigenvalue weighted by Crippen LogP contribution is 2.19. The van der Waals surface area contributed by atoms with Gasteiger partial charge < -0.3 is 9.47 Å². The molecule has 2 heteroatoms. The second-order valence-electron chi connectivity index (χ2n) is 12.3. The van der Waals surface area contributed by atoms with Crippen LogP contribution in [0.25, 0.3) is 0 Å². The Kier molecular flexibility index (Phi) is 28.8. The standard InChI is InChI=1S/C35H70O2/c1-2-3-4-5-6-7-8-9-10-11-14-17-20-23-26-29-32-36-33-30-27-24-21-18-15-12-13-16-19-22-25-28-31-35-34-37-35/h35H,2-34H2,1H3. The lowest BCUT2D eigenvalue weighted by Gasteiger charge is -2.05. The Morgan fingerprint density at radius 2 is 0.676 bits per heavy atom. The van der Waals surface area contributed by atoms with E-state index in [1.54, 1.807) is 0 Å². The number of epoxide rings is 1. The van der Waals surface area contributed by atoms with Gasteiger partial charge in [0.25, 0.3) is 0 Å². The molecule has 0 aromatic heterocycles. The molecule has 1 unspecified atom stereocenters. The maximum atomic E-state index is 5.87. The summed E-state index contributed by atoms with van der Waals surface area (Å²) in [4.78, 5) is 0. The quantitative estimate of drug-likeness (QED) is 0.0631. The van der Waals surface area contributed by atoms with Crippen LogP contribution >= 0.6 is 0 Å². The zero-order valence-corrected chi connectivity index (χ0v) is 25.7. The molecule has 0 spiro atoms. The van der Waals surface area contributed by atoms with E-state index < -0.39 is 0 Å². The van der Waals surface area contributed by atoms with Crippen molar-refractivity contribution in [3.8, 4) is 0 Å². The van der Waals surface area contributed by atoms with Crippen LogP contribution in [-0.4, -0.2) is 25.9 Å². The first kappa shape index (κ1) is 34.9. The SMILES string of the molecule is CCCCCCCCCCCCCCCCCCOCCCCCCCCCCCCCCCC1CO1. The smallest absolute Gasteiger partial charge is 0.0810 e. The monoisotopic (exact) mass is 523 g/mol. The summed E-state index contributed by atoms with van der Waals surface area (Å²) in [5.74, 6) is 0. The molecule has 1 heterocycles. The Hall–Kier alpha value is -0.0800. The highest BCUT2D eigenvalue weighted by atomic mass is 16.6. The summed E-state index contributed by atoms with van der Waals surface area (Å²) in [6, 6.07) is 0. The van der Waals surface area contributed by atoms with E-state index in [2.05, 4.69) is 6.92 Å². The van der Waals surface area contributed by atoms with Gasteiger partial charge in [0.2, 0.25) is 0 Å². The Morgan fingerprint density at radius 3 is 0.973 bits per heavy atom. The third-order valence-electron chi connectivity index (χ3n) is 8.36. The van der Waals surface area contributed by atoms with Crippen molar-refractivity contribution in [2.45, 2.75) is 206 Å². The van der Waals surface area contributed by atoms with Gasteiger partial charge in [0.05, 0.1) is 12.7 Å². The van der Waals surface area contributed by atoms with Crippen LogP contribution in [0.4, 0.5) is 0 Å². The van der Waals surface area contributed by atoms with E-state index in [0.29, 0.717) is 6.10 Å². The van der Waals surface area contributed by atoms with Gasteiger partial charge in [0.15, 0.2) is 0 Å². The van der Waals surface area contributed by atoms with Crippen molar-refractivity contribution in [2.75, 3.05) is 19.8 Å². The molecule has 0 radical (unpaired) electrons. The summed E-state index contributed by atoms with van der Waals surface area (Å²) in [6.07, 6.45) is 43.4. The number of ether oxygens (including phenoxy) is 2. The van der Waals surface area contributed by atoms with Gasteiger partial charge in [-0.2, -0.15) is 0 Å². The molecule has 1 atom stereocenters. The van der Waals surface area contributed by atoms with Gasteiger partial charge in [-0.1, -0.05) is 180 Å². The minimum absolute atomic E-state index is 0.640. The zero-order valence-electron chi connectivity index (χ0n) is 25.7. The van der Waals surface area contributed by atoms with E-state index in [-0.39, 0.29) is 0 Å². The van der Waals surface area contributed by atoms with Crippen LogP contribution in [0.2, 0.25) is 0 Å². The van der Waals surface area contributed by atoms with E-state index in [1.165, 1.54) is 193 Å². The van der Waals surface area contributed by atoms with Gasteiger partial charge in [0, 0.05) is 13.2 Å². The fourth-order valence-corrected chi connectivity index (χ4v) is 5.61. The molecule has 0 N–H and O–H groups in total. The second-order valence-corrected chi connectivity index (χ2v) is 12.3. The molecule has 37 heavy (non-hydrogen) atoms. The van der Waals surface area contributed by atoms with E-state index >= 15 is 0 Å². The normalized spacial score (nSPS) is 15.0. The van der Waals surface area contributed by atoms with Crippen LogP contribution in [0, 0.1) is 0 Å². The Balaban J connectivity index is 1.58. The van der Waals surface area contributed by atoms with Gasteiger partial charge >= 0.3 is 0 Å². The number of hydrogen-bond donors (Lipinski definition) is 0. The van der Waals surface area contributed by atoms with Crippen LogP contribution in [0.3, 0.4) is 0 Å². The van der Waals surface area contributed by atoms with Crippen LogP contribution < -0.4 is 0 Å². The average Bonchev–Trinajstić information content (AvgIpc) is 3.74. The third-order valence-corrected chi connectivity index (χ3v) is 8.36. The molecular weight excluding hydrogens is 452 g/mol. The second kappa shape index (κ2) is 30.5. The largest absolute Gasteiger partial charge is 0.381 e. The van der Waals surface area contributed by atoms with Crippen molar-refractivity contribution in [1.82, 2.24) is 0 Å². The molecule has 222 valence electrons. The van der Waals surface area contributed by atoms with Crippen molar-refractivity contribution < 1.29 is 9.47 Å². The molecule has 0 amide bonds. The minimum atomic E-state index is 0.640. The van der Waals surface area contributed by atoms with Crippen LogP contribution in [0.5, 0.6) is 0 Å². The van der Waals surface area contributed by atoms with E-state index in [4.69, 9.17) is 9.47 Å². The summed E-state index contributed by atoms with van der Waals surface area (Å²) in [5, 5.41) is 0. The molecule has 0 aromatic carbocycles. The number of hydrogen-bond acceptors (Lipinski definition) is 2. The molecule has 1 saturated heterocycles. The molecule has 2 nitrogen and oxygen atoms in total. The molecule has 1 aliphatic rings. The van der Waals surface area contributed by atoms with Gasteiger partial charge in [-0.3, -0.25) is 0 Å². The topological polar surface area (TPSA) is 21.8 Å². The fraction of sp³-hybridized carbons (Fsp3) is 1.00. The Morgan fingerprint density at radius 1 is 0.405 bits per heavy atom. The Bertz CT molecular complexity index is 406. The van der Waals surface area contributed by atoms with E-state index in [0.717, 1.165) is 19.8 Å². The van der Waals surface area contributed by atoms with Crippen molar-refractivity contribution in [1.29, 1.82) is 0 Å². The van der Waals surface area contributed by atoms with Crippen molar-refractivity contribution >= 4 is 0 Å². The summed E-state index contributed by atoms with van der Waals surface area (Å²) in [6.45, 7) is 5.32. The molecule has 0 bridgehead atoms. The maximum absolute atomic E-state index is 5.87. The lowest BCUT2D eigenvalue weighted by atomic mass is 10.0. The van der Waals surface area contributed by atoms with Gasteiger partial charge in [-0.05, 0) is 19.3 Å². The summed E-state index contributed by atoms with van der Waals surface area (Å²) < 4.78 is 11.1. The molecule has 0 aliphatic carbocycles. The zero-order chi connectivity index (χ0) is 26.3. The summed E-state index contributed by atoms with van der Waals surface area (Å²) in [7, 11) is 0. The van der Waals surface area contributed by atoms with Crippen molar-refractivity contribution in [2.24, 2.45) is 0 Å². The predicted molar refractivity (Wildman–Crippen MR) is 165 cm³/mol. The van der Waals surface area contributed by atoms with Crippen molar-refractivity contribution in [3.63, 3.8) is 0 Å². The van der Waals surface area contributed by atoms with E-state index in [1.807, 2.05) is 0 Å². The van der Waals surface area contributed by atoms with Crippen LogP contribution in [0.1, 0.15) is 200 Å². The first-order chi connectivity index (χ1) is 18.4. The molecule has 0 aromatic rings. The van der Waals surface area contributed by atoms with Gasteiger partial charge in [0.1, 0.15) is 0 Å². The van der Waals surface area contributed by atoms with E-state index in [9.17, 15) is 0 Å². The highest BCUT2D eigenvalue weighted by molar-refractivity contribution is 4.68. The van der Waals surface area contributed by atoms with Crippen molar-refractivity contribution in [3.05, 3.63) is 0 Å². The lowest BCUT2D eigenvalue weighted by Crippen LogP contribution is -1.97. The molecule has 1 aliphatic heterocycles. The molecule has 1 rings (SSSR count). The maximum Gasteiger partial charge on any atom is 0.0810 e.